The van der Waals surface area contributed by atoms with Crippen LogP contribution in [-0.2, 0) is 67.3 Å². The fraction of sp³-hybridized carbons (Fsp3) is 0.909. The van der Waals surface area contributed by atoms with Crippen molar-refractivity contribution in [1.82, 2.24) is 9.80 Å². The van der Waals surface area contributed by atoms with E-state index >= 15 is 0 Å². The smallest absolute Gasteiger partial charge is 0.302 e. The summed E-state index contributed by atoms with van der Waals surface area (Å²) in [4.78, 5) is 110. The van der Waals surface area contributed by atoms with Crippen molar-refractivity contribution in [1.29, 1.82) is 0 Å². The molecule has 3 aliphatic heterocycles. The zero-order valence-electron chi connectivity index (χ0n) is 51.6. The second-order valence-corrected chi connectivity index (χ2v) is 30.0. The number of hydrogen-bond donors (Lipinski definition) is 0. The van der Waals surface area contributed by atoms with Crippen molar-refractivity contribution in [2.75, 3.05) is 26.2 Å². The molecule has 0 aromatic rings. The van der Waals surface area contributed by atoms with Crippen molar-refractivity contribution in [3.63, 3.8) is 0 Å². The molecule has 0 aromatic carbocycles. The Hall–Kier alpha value is -3.34. The molecule has 16 heteroatoms. The summed E-state index contributed by atoms with van der Waals surface area (Å²) in [5.41, 5.74) is -1.16. The van der Waals surface area contributed by atoms with Crippen molar-refractivity contribution in [2.45, 2.75) is 259 Å². The van der Waals surface area contributed by atoms with Crippen LogP contribution < -0.4 is 0 Å². The number of carbonyl (C=O) groups is 6. The molecule has 0 radical (unpaired) electrons. The molecule has 0 aromatic heterocycles. The molecule has 460 valence electrons. The summed E-state index contributed by atoms with van der Waals surface area (Å²) in [6.07, 6.45) is 17.9. The lowest BCUT2D eigenvalue weighted by Gasteiger charge is -2.66. The van der Waals surface area contributed by atoms with Crippen LogP contribution in [0.2, 0.25) is 0 Å². The molecule has 3 saturated heterocycles. The Morgan fingerprint density at radius 2 is 0.817 bits per heavy atom. The maximum absolute atomic E-state index is 13.4. The highest BCUT2D eigenvalue weighted by Crippen LogP contribution is 2.73. The quantitative estimate of drug-likeness (QED) is 0.102. The summed E-state index contributed by atoms with van der Waals surface area (Å²) in [5, 5.41) is 0. The van der Waals surface area contributed by atoms with Crippen molar-refractivity contribution < 1.29 is 67.3 Å². The van der Waals surface area contributed by atoms with Gasteiger partial charge in [0.1, 0.15) is 24.4 Å². The lowest BCUT2D eigenvalue weighted by atomic mass is 9.42. The molecule has 82 heavy (non-hydrogen) atoms. The Balaban J connectivity index is 0.785. The SMILES string of the molecule is CC(=O)O[C@H]1CC2C(C3CC[C@H](C(C)CCC(=O)N4CCCCC4)[C@]31C)[C@H](OC(C)=O)C[C@@H]1CC3(CC[C@]21C)OOC1(CC[C@]2(C)C4C[C@H](OC(C)=O)[C@@]5(C)C(CC[C@@H]5C(C)CCC(=O)N5CCCCC5)C4[C@H](OC(C)=O)C[C@@H]2C1)OO3. The molecular formula is C66H102N2O14. The van der Waals surface area contributed by atoms with E-state index in [-0.39, 0.29) is 153 Å². The van der Waals surface area contributed by atoms with Gasteiger partial charge in [-0.25, -0.2) is 0 Å². The number of carbonyl (C=O) groups excluding carboxylic acids is 6. The van der Waals surface area contributed by atoms with Gasteiger partial charge >= 0.3 is 23.9 Å². The van der Waals surface area contributed by atoms with Crippen LogP contribution in [0.25, 0.3) is 0 Å². The predicted molar refractivity (Wildman–Crippen MR) is 302 cm³/mol. The number of piperidine rings is 2. The monoisotopic (exact) mass is 1150 g/mol. The number of esters is 4. The number of ether oxygens (including phenoxy) is 4. The minimum Gasteiger partial charge on any atom is -0.462 e. The molecule has 16 nitrogen and oxygen atoms in total. The van der Waals surface area contributed by atoms with Crippen molar-refractivity contribution >= 4 is 35.7 Å². The van der Waals surface area contributed by atoms with Crippen LogP contribution in [0, 0.1) is 92.7 Å². The Morgan fingerprint density at radius 1 is 0.463 bits per heavy atom. The Kier molecular flexibility index (Phi) is 17.0. The highest BCUT2D eigenvalue weighted by atomic mass is 17.4. The first-order valence-electron chi connectivity index (χ1n) is 32.9. The molecule has 3 heterocycles. The molecule has 11 rings (SSSR count). The molecule has 2 amide bonds. The summed E-state index contributed by atoms with van der Waals surface area (Å²) in [6, 6.07) is 0. The Morgan fingerprint density at radius 3 is 1.16 bits per heavy atom. The number of nitrogens with zero attached hydrogens (tertiary/aromatic N) is 2. The Labute approximate surface area is 489 Å². The number of rotatable bonds is 12. The van der Waals surface area contributed by atoms with Gasteiger partial charge < -0.3 is 28.7 Å². The predicted octanol–water partition coefficient (Wildman–Crippen LogP) is 11.6. The van der Waals surface area contributed by atoms with Gasteiger partial charge in [0.15, 0.2) is 0 Å². The Bertz CT molecular complexity index is 2240. The van der Waals surface area contributed by atoms with Gasteiger partial charge in [-0.1, -0.05) is 41.5 Å². The minimum atomic E-state index is -1.19. The van der Waals surface area contributed by atoms with Gasteiger partial charge in [0.05, 0.1) is 0 Å². The van der Waals surface area contributed by atoms with Gasteiger partial charge in [-0.15, -0.1) is 0 Å². The molecule has 11 aliphatic rings. The van der Waals surface area contributed by atoms with E-state index in [1.165, 1.54) is 40.5 Å². The van der Waals surface area contributed by atoms with Crippen molar-refractivity contribution in [2.24, 2.45) is 92.7 Å². The van der Waals surface area contributed by atoms with E-state index in [4.69, 9.17) is 38.5 Å². The summed E-state index contributed by atoms with van der Waals surface area (Å²) < 4.78 is 25.9. The third-order valence-corrected chi connectivity index (χ3v) is 26.0. The summed E-state index contributed by atoms with van der Waals surface area (Å²) in [6.45, 7) is 23.5. The molecule has 11 fully saturated rings. The zero-order chi connectivity index (χ0) is 58.3. The third-order valence-electron chi connectivity index (χ3n) is 26.0. The highest BCUT2D eigenvalue weighted by Gasteiger charge is 2.72. The number of likely N-dealkylation sites (tertiary alicyclic amines) is 2. The molecule has 2 spiro atoms. The first kappa shape index (κ1) is 60.4. The van der Waals surface area contributed by atoms with E-state index in [1.54, 1.807) is 0 Å². The van der Waals surface area contributed by atoms with Crippen LogP contribution in [-0.4, -0.2) is 108 Å². The summed E-state index contributed by atoms with van der Waals surface area (Å²) >= 11 is 0. The number of amides is 2. The largest absolute Gasteiger partial charge is 0.462 e. The van der Waals surface area contributed by atoms with E-state index in [1.807, 2.05) is 9.80 Å². The average molecular weight is 1150 g/mol. The molecule has 8 aliphatic carbocycles. The molecule has 20 atom stereocenters. The molecule has 8 unspecified atom stereocenters. The zero-order valence-corrected chi connectivity index (χ0v) is 51.6. The van der Waals surface area contributed by atoms with Gasteiger partial charge in [0, 0.05) is 115 Å². The fourth-order valence-corrected chi connectivity index (χ4v) is 21.9. The second kappa shape index (κ2) is 23.1. The first-order valence-corrected chi connectivity index (χ1v) is 32.9. The van der Waals surface area contributed by atoms with E-state index < -0.39 is 11.6 Å². The van der Waals surface area contributed by atoms with Crippen LogP contribution in [0.5, 0.6) is 0 Å². The molecular weight excluding hydrogens is 1040 g/mol. The fourth-order valence-electron chi connectivity index (χ4n) is 21.9. The van der Waals surface area contributed by atoms with E-state index in [9.17, 15) is 28.8 Å². The van der Waals surface area contributed by atoms with E-state index in [2.05, 4.69) is 41.5 Å². The average Bonchev–Trinajstić information content (AvgIpc) is 2.99. The topological polar surface area (TPSA) is 183 Å². The third kappa shape index (κ3) is 10.7. The first-order chi connectivity index (χ1) is 38.9. The molecule has 0 N–H and O–H groups in total. The number of hydrogen-bond acceptors (Lipinski definition) is 14. The summed E-state index contributed by atoms with van der Waals surface area (Å²) in [7, 11) is 0. The van der Waals surface area contributed by atoms with Crippen molar-refractivity contribution in [3.8, 4) is 0 Å². The maximum atomic E-state index is 13.4. The van der Waals surface area contributed by atoms with Gasteiger partial charge in [-0.05, 0) is 186 Å². The van der Waals surface area contributed by atoms with Crippen LogP contribution in [0.1, 0.15) is 223 Å². The molecule has 8 saturated carbocycles. The standard InChI is InChI=1S/C66H102N2O14/c1-39(17-23-57(73)67-29-13-11-14-30-67)47-19-21-49-59-51(35-55(63(47,49)9)77-43(5)71)61(7)25-27-65(37-45(61)33-53(59)75-41(3)69)79-81-66(82-80-65)28-26-62(8)46(38-66)34-54(76-42(4)70)60-50-22-20-48(64(50,10)56(36-52(60)62)78-44(6)72)40(2)18-24-58(74)68-31-15-12-16-32-68/h39-40,45-56,59-60H,11-38H2,1-10H3/t39?,40?,45-,46-,47-,48-,49?,50?,51?,52?,53-,54-,55+,56+,59?,60?,61+,62+,63-,64-,65?,66?/m1/s1. The maximum Gasteiger partial charge on any atom is 0.302 e. The minimum absolute atomic E-state index is 0.00384. The normalized spacial score (nSPS) is 45.7. The lowest BCUT2D eigenvalue weighted by molar-refractivity contribution is -0.667. The van der Waals surface area contributed by atoms with Crippen LogP contribution in [0.4, 0.5) is 0 Å². The van der Waals surface area contributed by atoms with E-state index in [0.29, 0.717) is 64.2 Å². The van der Waals surface area contributed by atoms with Crippen molar-refractivity contribution in [3.05, 3.63) is 0 Å². The van der Waals surface area contributed by atoms with Crippen LogP contribution >= 0.6 is 0 Å². The van der Waals surface area contributed by atoms with Gasteiger partial charge in [-0.3, -0.25) is 28.8 Å². The van der Waals surface area contributed by atoms with Crippen LogP contribution in [0.3, 0.4) is 0 Å². The van der Waals surface area contributed by atoms with Crippen LogP contribution in [0.15, 0.2) is 0 Å². The van der Waals surface area contributed by atoms with Gasteiger partial charge in [0.2, 0.25) is 23.4 Å². The van der Waals surface area contributed by atoms with Gasteiger partial charge in [-0.2, -0.15) is 19.6 Å². The lowest BCUT2D eigenvalue weighted by Crippen LogP contribution is -2.66. The van der Waals surface area contributed by atoms with Gasteiger partial charge in [0.25, 0.3) is 0 Å². The second-order valence-electron chi connectivity index (χ2n) is 30.0. The summed E-state index contributed by atoms with van der Waals surface area (Å²) in [5.74, 6) is -1.42. The number of fused-ring (bicyclic) bond motifs is 10. The van der Waals surface area contributed by atoms with E-state index in [0.717, 1.165) is 103 Å². The highest BCUT2D eigenvalue weighted by molar-refractivity contribution is 5.76. The molecule has 0 bridgehead atoms.